The third-order valence-corrected chi connectivity index (χ3v) is 5.09. The number of rotatable bonds is 5. The highest BCUT2D eigenvalue weighted by Gasteiger charge is 2.52. The van der Waals surface area contributed by atoms with E-state index in [4.69, 9.17) is 18.9 Å². The second-order valence-electron chi connectivity index (χ2n) is 7.52. The molecule has 2 aromatic rings. The average Bonchev–Trinajstić information content (AvgIpc) is 2.73. The van der Waals surface area contributed by atoms with Gasteiger partial charge in [-0.3, -0.25) is 14.4 Å². The van der Waals surface area contributed by atoms with E-state index in [1.165, 1.54) is 19.9 Å². The number of hydrogen-bond donors (Lipinski definition) is 0. The molecule has 3 atom stereocenters. The predicted octanol–water partition coefficient (Wildman–Crippen LogP) is 2.97. The van der Waals surface area contributed by atoms with Gasteiger partial charge < -0.3 is 18.9 Å². The predicted molar refractivity (Wildman–Crippen MR) is 114 cm³/mol. The molecule has 0 N–H and O–H groups in total. The molecule has 0 saturated heterocycles. The van der Waals surface area contributed by atoms with Crippen molar-refractivity contribution in [2.24, 2.45) is 0 Å². The van der Waals surface area contributed by atoms with Gasteiger partial charge in [0.2, 0.25) is 5.60 Å². The van der Waals surface area contributed by atoms with Crippen LogP contribution in [0, 0.1) is 0 Å². The first-order chi connectivity index (χ1) is 15.1. The van der Waals surface area contributed by atoms with Crippen molar-refractivity contribution in [1.29, 1.82) is 0 Å². The highest BCUT2D eigenvalue weighted by atomic mass is 16.6. The Morgan fingerprint density at radius 3 is 2.12 bits per heavy atom. The Morgan fingerprint density at radius 1 is 0.875 bits per heavy atom. The fourth-order valence-corrected chi connectivity index (χ4v) is 3.93. The van der Waals surface area contributed by atoms with Crippen LogP contribution in [-0.4, -0.2) is 48.8 Å². The molecule has 8 nitrogen and oxygen atoms in total. The maximum Gasteiger partial charge on any atom is 0.354 e. The average molecular weight is 440 g/mol. The summed E-state index contributed by atoms with van der Waals surface area (Å²) < 4.78 is 21.3. The van der Waals surface area contributed by atoms with Gasteiger partial charge in [0.25, 0.3) is 0 Å². The maximum atomic E-state index is 12.8. The zero-order chi connectivity index (χ0) is 23.5. The molecule has 168 valence electrons. The second-order valence-corrected chi connectivity index (χ2v) is 7.52. The van der Waals surface area contributed by atoms with E-state index in [9.17, 15) is 19.2 Å². The molecule has 0 saturated carbocycles. The number of carbonyl (C=O) groups is 4. The summed E-state index contributed by atoms with van der Waals surface area (Å²) in [7, 11) is 1.16. The van der Waals surface area contributed by atoms with E-state index in [1.54, 1.807) is 6.07 Å². The van der Waals surface area contributed by atoms with E-state index in [0.29, 0.717) is 11.1 Å². The van der Waals surface area contributed by atoms with Gasteiger partial charge >= 0.3 is 23.9 Å². The molecule has 0 amide bonds. The monoisotopic (exact) mass is 440 g/mol. The fourth-order valence-electron chi connectivity index (χ4n) is 3.93. The second kappa shape index (κ2) is 9.21. The molecule has 1 aliphatic rings. The molecule has 8 heteroatoms. The van der Waals surface area contributed by atoms with E-state index in [-0.39, 0.29) is 6.42 Å². The van der Waals surface area contributed by atoms with Crippen LogP contribution in [0.1, 0.15) is 32.8 Å². The first-order valence-electron chi connectivity index (χ1n) is 9.99. The van der Waals surface area contributed by atoms with Crippen LogP contribution in [0.5, 0.6) is 0 Å². The minimum atomic E-state index is -1.86. The standard InChI is InChI=1S/C24H24O8/c1-14(25)30-21-13-24(23(28)29-4,32-16(3)27)12-20(22(21)31-15(2)26)19-10-9-17-7-5-6-8-18(17)11-19/h5-12,21-22H,13H2,1-4H3/t21-,22-,24+/m1/s1. The van der Waals surface area contributed by atoms with Crippen LogP contribution in [0.25, 0.3) is 16.3 Å². The fraction of sp³-hybridized carbons (Fsp3) is 0.333. The third-order valence-electron chi connectivity index (χ3n) is 5.09. The van der Waals surface area contributed by atoms with Gasteiger partial charge in [0.15, 0.2) is 6.10 Å². The Kier molecular flexibility index (Phi) is 6.62. The lowest BCUT2D eigenvalue weighted by atomic mass is 9.79. The minimum Gasteiger partial charge on any atom is -0.466 e. The zero-order valence-corrected chi connectivity index (χ0v) is 18.2. The summed E-state index contributed by atoms with van der Waals surface area (Å²) in [5.74, 6) is -2.81. The van der Waals surface area contributed by atoms with Crippen molar-refractivity contribution in [1.82, 2.24) is 0 Å². The van der Waals surface area contributed by atoms with Gasteiger partial charge in [0.05, 0.1) is 7.11 Å². The van der Waals surface area contributed by atoms with Crippen LogP contribution in [0.15, 0.2) is 48.5 Å². The summed E-state index contributed by atoms with van der Waals surface area (Å²) in [6.45, 7) is 3.59. The molecular formula is C24H24O8. The summed E-state index contributed by atoms with van der Waals surface area (Å²) in [6, 6.07) is 13.1. The molecule has 0 fully saturated rings. The number of fused-ring (bicyclic) bond motifs is 1. The molecule has 1 aliphatic carbocycles. The molecule has 2 aromatic carbocycles. The van der Waals surface area contributed by atoms with E-state index in [1.807, 2.05) is 36.4 Å². The highest BCUT2D eigenvalue weighted by molar-refractivity contribution is 5.92. The van der Waals surface area contributed by atoms with Gasteiger partial charge in [-0.15, -0.1) is 0 Å². The molecule has 0 aliphatic heterocycles. The largest absolute Gasteiger partial charge is 0.466 e. The van der Waals surface area contributed by atoms with Crippen molar-refractivity contribution < 1.29 is 38.1 Å². The van der Waals surface area contributed by atoms with Gasteiger partial charge in [-0.2, -0.15) is 0 Å². The molecule has 0 heterocycles. The molecule has 3 rings (SSSR count). The molecular weight excluding hydrogens is 416 g/mol. The third kappa shape index (κ3) is 4.80. The molecule has 0 spiro atoms. The number of ether oxygens (including phenoxy) is 4. The molecule has 32 heavy (non-hydrogen) atoms. The summed E-state index contributed by atoms with van der Waals surface area (Å²) in [4.78, 5) is 48.4. The number of esters is 4. The van der Waals surface area contributed by atoms with Crippen molar-refractivity contribution in [2.75, 3.05) is 7.11 Å². The van der Waals surface area contributed by atoms with Crippen molar-refractivity contribution in [2.45, 2.75) is 45.0 Å². The smallest absolute Gasteiger partial charge is 0.354 e. The quantitative estimate of drug-likeness (QED) is 0.516. The lowest BCUT2D eigenvalue weighted by Crippen LogP contribution is -2.52. The highest BCUT2D eigenvalue weighted by Crippen LogP contribution is 2.40. The summed E-state index contributed by atoms with van der Waals surface area (Å²) in [5.41, 5.74) is -0.902. The lowest BCUT2D eigenvalue weighted by molar-refractivity contribution is -0.184. The first-order valence-corrected chi connectivity index (χ1v) is 9.99. The van der Waals surface area contributed by atoms with Crippen molar-refractivity contribution >= 4 is 40.2 Å². The minimum absolute atomic E-state index is 0.270. The van der Waals surface area contributed by atoms with E-state index in [0.717, 1.165) is 24.8 Å². The van der Waals surface area contributed by atoms with Crippen LogP contribution in [0.3, 0.4) is 0 Å². The van der Waals surface area contributed by atoms with Crippen LogP contribution >= 0.6 is 0 Å². The molecule has 0 unspecified atom stereocenters. The Hall–Kier alpha value is -3.68. The van der Waals surface area contributed by atoms with Crippen LogP contribution in [0.2, 0.25) is 0 Å². The SMILES string of the molecule is COC(=O)[C@]1(OC(C)=O)C=C(c2ccc3ccccc3c2)[C@@H](OC(C)=O)[C@H](OC(C)=O)C1. The van der Waals surface area contributed by atoms with Gasteiger partial charge in [-0.1, -0.05) is 36.4 Å². The topological polar surface area (TPSA) is 105 Å². The number of methoxy groups -OCH3 is 1. The Labute approximate surface area is 185 Å². The molecule has 0 bridgehead atoms. The van der Waals surface area contributed by atoms with E-state index in [2.05, 4.69) is 0 Å². The Bertz CT molecular complexity index is 1100. The molecule has 0 radical (unpaired) electrons. The van der Waals surface area contributed by atoms with Gasteiger partial charge in [0.1, 0.15) is 6.10 Å². The van der Waals surface area contributed by atoms with Gasteiger partial charge in [-0.05, 0) is 28.5 Å². The van der Waals surface area contributed by atoms with Gasteiger partial charge in [0, 0.05) is 32.8 Å². The van der Waals surface area contributed by atoms with Gasteiger partial charge in [-0.25, -0.2) is 4.79 Å². The normalized spacial score (nSPS) is 22.4. The summed E-state index contributed by atoms with van der Waals surface area (Å²) in [6.07, 6.45) is -0.974. The number of carbonyl (C=O) groups excluding carboxylic acids is 4. The van der Waals surface area contributed by atoms with Crippen LogP contribution in [0.4, 0.5) is 0 Å². The summed E-state index contributed by atoms with van der Waals surface area (Å²) in [5, 5.41) is 1.88. The first kappa shape index (κ1) is 23.0. The van der Waals surface area contributed by atoms with E-state index < -0.39 is 41.7 Å². The number of benzene rings is 2. The Balaban J connectivity index is 2.25. The molecule has 0 aromatic heterocycles. The lowest BCUT2D eigenvalue weighted by Gasteiger charge is -2.39. The van der Waals surface area contributed by atoms with Crippen molar-refractivity contribution in [3.8, 4) is 0 Å². The van der Waals surface area contributed by atoms with Crippen molar-refractivity contribution in [3.63, 3.8) is 0 Å². The van der Waals surface area contributed by atoms with Crippen LogP contribution < -0.4 is 0 Å². The Morgan fingerprint density at radius 2 is 1.53 bits per heavy atom. The van der Waals surface area contributed by atoms with E-state index >= 15 is 0 Å². The van der Waals surface area contributed by atoms with Crippen molar-refractivity contribution in [3.05, 3.63) is 54.1 Å². The summed E-state index contributed by atoms with van der Waals surface area (Å²) >= 11 is 0. The van der Waals surface area contributed by atoms with Crippen LogP contribution in [-0.2, 0) is 38.1 Å². The maximum absolute atomic E-state index is 12.8. The zero-order valence-electron chi connectivity index (χ0n) is 18.2. The number of hydrogen-bond acceptors (Lipinski definition) is 8.